The van der Waals surface area contributed by atoms with Crippen LogP contribution in [0.15, 0.2) is 0 Å². The van der Waals surface area contributed by atoms with E-state index in [4.69, 9.17) is 0 Å². The van der Waals surface area contributed by atoms with Crippen LogP contribution >= 0.6 is 0 Å². The molecule has 0 aromatic carbocycles. The number of carbonyl (C=O) groups is 2. The zero-order valence-electron chi connectivity index (χ0n) is 6.91. The molecule has 3 nitrogen and oxygen atoms in total. The van der Waals surface area contributed by atoms with Gasteiger partial charge < -0.3 is 9.69 Å². The van der Waals surface area contributed by atoms with Crippen molar-refractivity contribution in [3.63, 3.8) is 0 Å². The quantitative estimate of drug-likeness (QED) is 0.538. The van der Waals surface area contributed by atoms with Gasteiger partial charge in [-0.1, -0.05) is 0 Å². The van der Waals surface area contributed by atoms with Crippen LogP contribution in [0.4, 0.5) is 0 Å². The number of carbonyl (C=O) groups excluding carboxylic acids is 2. The summed E-state index contributed by atoms with van der Waals surface area (Å²) in [6, 6.07) is 0. The van der Waals surface area contributed by atoms with Crippen molar-refractivity contribution in [2.75, 3.05) is 14.1 Å². The van der Waals surface area contributed by atoms with Crippen molar-refractivity contribution < 1.29 is 9.59 Å². The van der Waals surface area contributed by atoms with Crippen molar-refractivity contribution in [1.29, 1.82) is 0 Å². The van der Waals surface area contributed by atoms with E-state index < -0.39 is 0 Å². The zero-order valence-corrected chi connectivity index (χ0v) is 6.91. The van der Waals surface area contributed by atoms with Gasteiger partial charge in [0.15, 0.2) is 0 Å². The fourth-order valence-corrected chi connectivity index (χ4v) is 1.33. The molecule has 0 bridgehead atoms. The first-order valence-corrected chi connectivity index (χ1v) is 3.83. The topological polar surface area (TPSA) is 37.4 Å². The molecule has 1 aliphatic carbocycles. The molecule has 3 heteroatoms. The second-order valence-electron chi connectivity index (χ2n) is 3.22. The Bertz CT molecular complexity index is 177. The van der Waals surface area contributed by atoms with Gasteiger partial charge in [-0.05, 0) is 12.8 Å². The summed E-state index contributed by atoms with van der Waals surface area (Å²) in [7, 11) is 3.45. The van der Waals surface area contributed by atoms with E-state index in [1.54, 1.807) is 19.0 Å². The highest BCUT2D eigenvalue weighted by atomic mass is 16.2. The molecule has 0 radical (unpaired) electrons. The molecule has 1 aliphatic rings. The molecular weight excluding hydrogens is 142 g/mol. The number of hydrogen-bond acceptors (Lipinski definition) is 2. The predicted octanol–water partition coefficient (Wildman–Crippen LogP) is 0.300. The molecule has 1 amide bonds. The highest BCUT2D eigenvalue weighted by Crippen LogP contribution is 2.33. The Morgan fingerprint density at radius 2 is 2.09 bits per heavy atom. The third-order valence-electron chi connectivity index (χ3n) is 2.26. The number of amides is 1. The standard InChI is InChI=1S/C8H13NO2/c1-9(2)8(11)7-4-3-6(7)5-10/h5-7H,3-4H2,1-2H3/t6-,7+/m0/s1. The van der Waals surface area contributed by atoms with Crippen LogP contribution < -0.4 is 0 Å². The van der Waals surface area contributed by atoms with Crippen LogP contribution in [0, 0.1) is 11.8 Å². The van der Waals surface area contributed by atoms with Gasteiger partial charge in [-0.2, -0.15) is 0 Å². The van der Waals surface area contributed by atoms with Gasteiger partial charge in [0.25, 0.3) is 0 Å². The monoisotopic (exact) mass is 155 g/mol. The molecule has 0 heterocycles. The number of hydrogen-bond donors (Lipinski definition) is 0. The molecule has 62 valence electrons. The summed E-state index contributed by atoms with van der Waals surface area (Å²) in [5.74, 6) is 0.0562. The van der Waals surface area contributed by atoms with E-state index in [2.05, 4.69) is 0 Å². The van der Waals surface area contributed by atoms with Crippen molar-refractivity contribution in [3.8, 4) is 0 Å². The van der Waals surface area contributed by atoms with E-state index in [1.807, 2.05) is 0 Å². The molecule has 1 fully saturated rings. The number of aldehydes is 1. The van der Waals surface area contributed by atoms with Gasteiger partial charge >= 0.3 is 0 Å². The van der Waals surface area contributed by atoms with E-state index in [0.29, 0.717) is 0 Å². The lowest BCUT2D eigenvalue weighted by molar-refractivity contribution is -0.141. The summed E-state index contributed by atoms with van der Waals surface area (Å²) in [5, 5.41) is 0. The summed E-state index contributed by atoms with van der Waals surface area (Å²) in [6.45, 7) is 0. The summed E-state index contributed by atoms with van der Waals surface area (Å²) in [6.07, 6.45) is 2.66. The second kappa shape index (κ2) is 3.03. The van der Waals surface area contributed by atoms with Crippen molar-refractivity contribution in [2.45, 2.75) is 12.8 Å². The minimum atomic E-state index is -0.0255. The first-order chi connectivity index (χ1) is 5.16. The van der Waals surface area contributed by atoms with E-state index in [1.165, 1.54) is 0 Å². The fraction of sp³-hybridized carbons (Fsp3) is 0.750. The average molecular weight is 155 g/mol. The van der Waals surface area contributed by atoms with Gasteiger partial charge in [-0.3, -0.25) is 4.79 Å². The lowest BCUT2D eigenvalue weighted by Gasteiger charge is -2.33. The molecular formula is C8H13NO2. The van der Waals surface area contributed by atoms with Crippen LogP contribution in [-0.2, 0) is 9.59 Å². The molecule has 0 N–H and O–H groups in total. The summed E-state index contributed by atoms with van der Waals surface area (Å²) < 4.78 is 0. The van der Waals surface area contributed by atoms with Crippen molar-refractivity contribution in [2.24, 2.45) is 11.8 Å². The predicted molar refractivity (Wildman–Crippen MR) is 41.0 cm³/mol. The SMILES string of the molecule is CN(C)C(=O)[C@@H]1CC[C@H]1C=O. The Balaban J connectivity index is 2.48. The van der Waals surface area contributed by atoms with Crippen LogP contribution in [0.2, 0.25) is 0 Å². The van der Waals surface area contributed by atoms with Gasteiger partial charge in [0.1, 0.15) is 6.29 Å². The molecule has 0 aromatic heterocycles. The lowest BCUT2D eigenvalue weighted by atomic mass is 9.74. The van der Waals surface area contributed by atoms with Crippen LogP contribution in [0.3, 0.4) is 0 Å². The van der Waals surface area contributed by atoms with Crippen LogP contribution in [0.1, 0.15) is 12.8 Å². The zero-order chi connectivity index (χ0) is 8.43. The second-order valence-corrected chi connectivity index (χ2v) is 3.22. The minimum absolute atomic E-state index is 0.00935. The maximum Gasteiger partial charge on any atom is 0.225 e. The van der Waals surface area contributed by atoms with Crippen molar-refractivity contribution in [3.05, 3.63) is 0 Å². The summed E-state index contributed by atoms with van der Waals surface area (Å²) in [5.41, 5.74) is 0. The van der Waals surface area contributed by atoms with E-state index in [-0.39, 0.29) is 17.7 Å². The van der Waals surface area contributed by atoms with Gasteiger partial charge in [0.2, 0.25) is 5.91 Å². The first kappa shape index (κ1) is 8.24. The molecule has 1 rings (SSSR count). The van der Waals surface area contributed by atoms with Crippen molar-refractivity contribution in [1.82, 2.24) is 4.90 Å². The van der Waals surface area contributed by atoms with Gasteiger partial charge in [-0.25, -0.2) is 0 Å². The minimum Gasteiger partial charge on any atom is -0.349 e. The van der Waals surface area contributed by atoms with Crippen LogP contribution in [0.25, 0.3) is 0 Å². The van der Waals surface area contributed by atoms with Crippen molar-refractivity contribution >= 4 is 12.2 Å². The largest absolute Gasteiger partial charge is 0.349 e. The maximum atomic E-state index is 11.3. The van der Waals surface area contributed by atoms with Gasteiger partial charge in [0.05, 0.1) is 0 Å². The molecule has 0 aromatic rings. The number of rotatable bonds is 2. The van der Waals surface area contributed by atoms with Crippen LogP contribution in [-0.4, -0.2) is 31.2 Å². The Hall–Kier alpha value is -0.860. The Morgan fingerprint density at radius 3 is 2.36 bits per heavy atom. The Kier molecular flexibility index (Phi) is 2.27. The van der Waals surface area contributed by atoms with Crippen LogP contribution in [0.5, 0.6) is 0 Å². The third-order valence-corrected chi connectivity index (χ3v) is 2.26. The van der Waals surface area contributed by atoms with E-state index >= 15 is 0 Å². The van der Waals surface area contributed by atoms with E-state index in [0.717, 1.165) is 19.1 Å². The Morgan fingerprint density at radius 1 is 1.45 bits per heavy atom. The molecule has 0 saturated heterocycles. The molecule has 1 saturated carbocycles. The Labute approximate surface area is 66.4 Å². The number of nitrogens with zero attached hydrogens (tertiary/aromatic N) is 1. The van der Waals surface area contributed by atoms with Gasteiger partial charge in [0, 0.05) is 25.9 Å². The van der Waals surface area contributed by atoms with E-state index in [9.17, 15) is 9.59 Å². The fourth-order valence-electron chi connectivity index (χ4n) is 1.33. The average Bonchev–Trinajstić information content (AvgIpc) is 1.86. The van der Waals surface area contributed by atoms with Gasteiger partial charge in [-0.15, -0.1) is 0 Å². The molecule has 11 heavy (non-hydrogen) atoms. The molecule has 0 unspecified atom stereocenters. The normalized spacial score (nSPS) is 28.9. The highest BCUT2D eigenvalue weighted by Gasteiger charge is 2.36. The smallest absolute Gasteiger partial charge is 0.225 e. The first-order valence-electron chi connectivity index (χ1n) is 3.83. The lowest BCUT2D eigenvalue weighted by Crippen LogP contribution is -2.40. The summed E-state index contributed by atoms with van der Waals surface area (Å²) in [4.78, 5) is 23.2. The highest BCUT2D eigenvalue weighted by molar-refractivity contribution is 5.82. The summed E-state index contributed by atoms with van der Waals surface area (Å²) >= 11 is 0. The molecule has 0 spiro atoms. The third kappa shape index (κ3) is 1.42. The molecule has 2 atom stereocenters. The molecule has 0 aliphatic heterocycles. The maximum absolute atomic E-state index is 11.3.